The number of nitrogens with zero attached hydrogens (tertiary/aromatic N) is 4. The van der Waals surface area contributed by atoms with Gasteiger partial charge in [-0.25, -0.2) is 9.97 Å². The van der Waals surface area contributed by atoms with Gasteiger partial charge in [-0.05, 0) is 103 Å². The molecule has 6 rings (SSSR count). The zero-order valence-electron chi connectivity index (χ0n) is 38.9. The Kier molecular flexibility index (Phi) is 19.6. The maximum atomic E-state index is 11.1. The second-order valence-corrected chi connectivity index (χ2v) is 17.7. The van der Waals surface area contributed by atoms with Crippen LogP contribution in [-0.2, 0) is 49.1 Å². The number of aromatic nitrogens is 4. The molecule has 0 bridgehead atoms. The van der Waals surface area contributed by atoms with Crippen molar-refractivity contribution in [3.05, 3.63) is 139 Å². The van der Waals surface area contributed by atoms with Gasteiger partial charge in [-0.15, -0.1) is 0 Å². The molecule has 0 aliphatic carbocycles. The van der Waals surface area contributed by atoms with Gasteiger partial charge in [-0.3, -0.25) is 9.59 Å². The number of nitrogens with one attached hydrogen (secondary N) is 2. The van der Waals surface area contributed by atoms with Crippen molar-refractivity contribution < 1.29 is 58.4 Å². The van der Waals surface area contributed by atoms with Crippen LogP contribution in [0.5, 0.6) is 35.3 Å². The van der Waals surface area contributed by atoms with Gasteiger partial charge in [0.15, 0.2) is 0 Å². The van der Waals surface area contributed by atoms with Crippen LogP contribution in [0.3, 0.4) is 0 Å². The lowest BCUT2D eigenvalue weighted by Crippen LogP contribution is -2.28. The summed E-state index contributed by atoms with van der Waals surface area (Å²) in [6, 6.07) is 22.8. The van der Waals surface area contributed by atoms with Gasteiger partial charge in [0.05, 0.1) is 48.2 Å². The molecule has 2 aromatic carbocycles. The van der Waals surface area contributed by atoms with Crippen LogP contribution in [-0.4, -0.2) is 91.8 Å². The molecule has 6 N–H and O–H groups in total. The predicted molar refractivity (Wildman–Crippen MR) is 264 cm³/mol. The standard InChI is InChI=1S/C50H54Br2N6O12/c1-29-33(27-69-49-41(51)15-35(21-53-23-37(59)17-45(61)62)47(57-49)67-25-31-11-13-43(65-3)55-19-31)7-5-9-39(29)40-10-6-8-34(30(40)2)28-70-50-42(52)16-36(22-54-24-38(60)18-46(63)64)48(58-50)68-26-32-12-14-44(66-4)56-20-32/h5-16,19-20,37-38,53-54,59-60H,17-18,21-28H2,1-4H3,(H,61,62)(H,63,64). The van der Waals surface area contributed by atoms with Crippen LogP contribution in [0.15, 0.2) is 94.1 Å². The van der Waals surface area contributed by atoms with Crippen molar-refractivity contribution in [3.63, 3.8) is 0 Å². The third kappa shape index (κ3) is 15.3. The summed E-state index contributed by atoms with van der Waals surface area (Å²) >= 11 is 7.22. The van der Waals surface area contributed by atoms with E-state index < -0.39 is 24.1 Å². The largest absolute Gasteiger partial charge is 0.481 e. The highest BCUT2D eigenvalue weighted by atomic mass is 79.9. The summed E-state index contributed by atoms with van der Waals surface area (Å²) in [5, 5.41) is 44.5. The van der Waals surface area contributed by atoms with E-state index in [1.807, 2.05) is 62.4 Å². The molecule has 0 amide bonds. The van der Waals surface area contributed by atoms with Gasteiger partial charge in [-0.2, -0.15) is 9.97 Å². The Morgan fingerprint density at radius 1 is 0.571 bits per heavy atom. The predicted octanol–water partition coefficient (Wildman–Crippen LogP) is 7.26. The van der Waals surface area contributed by atoms with E-state index in [1.54, 1.807) is 24.5 Å². The summed E-state index contributed by atoms with van der Waals surface area (Å²) in [7, 11) is 3.08. The lowest BCUT2D eigenvalue weighted by molar-refractivity contribution is -0.140. The number of carboxylic acids is 2. The number of rotatable bonds is 27. The lowest BCUT2D eigenvalue weighted by atomic mass is 9.92. The van der Waals surface area contributed by atoms with Crippen LogP contribution in [0.4, 0.5) is 0 Å². The van der Waals surface area contributed by atoms with E-state index in [0.717, 1.165) is 44.5 Å². The van der Waals surface area contributed by atoms with Gasteiger partial charge in [-0.1, -0.05) is 36.4 Å². The first-order valence-electron chi connectivity index (χ1n) is 22.0. The second kappa shape index (κ2) is 26.0. The number of aliphatic carboxylic acids is 2. The van der Waals surface area contributed by atoms with Gasteiger partial charge < -0.3 is 59.5 Å². The highest BCUT2D eigenvalue weighted by Crippen LogP contribution is 2.35. The monoisotopic (exact) mass is 1090 g/mol. The zero-order valence-corrected chi connectivity index (χ0v) is 42.1. The van der Waals surface area contributed by atoms with Crippen LogP contribution in [0.25, 0.3) is 11.1 Å². The van der Waals surface area contributed by atoms with Crippen LogP contribution in [0.2, 0.25) is 0 Å². The Labute approximate surface area is 421 Å². The molecule has 4 aromatic heterocycles. The first-order chi connectivity index (χ1) is 33.7. The van der Waals surface area contributed by atoms with Crippen LogP contribution in [0.1, 0.15) is 57.3 Å². The van der Waals surface area contributed by atoms with Gasteiger partial charge >= 0.3 is 11.9 Å². The van der Waals surface area contributed by atoms with Crippen molar-refractivity contribution in [1.29, 1.82) is 0 Å². The molecule has 2 atom stereocenters. The van der Waals surface area contributed by atoms with Crippen molar-refractivity contribution >= 4 is 43.8 Å². The minimum absolute atomic E-state index is 0.0473. The Bertz CT molecular complexity index is 2530. The van der Waals surface area contributed by atoms with Gasteiger partial charge in [0.1, 0.15) is 26.4 Å². The maximum absolute atomic E-state index is 11.1. The Morgan fingerprint density at radius 2 is 0.971 bits per heavy atom. The lowest BCUT2D eigenvalue weighted by Gasteiger charge is -2.18. The normalized spacial score (nSPS) is 11.9. The fourth-order valence-corrected chi connectivity index (χ4v) is 8.04. The van der Waals surface area contributed by atoms with Crippen molar-refractivity contribution in [2.75, 3.05) is 27.3 Å². The fraction of sp³-hybridized carbons (Fsp3) is 0.320. The van der Waals surface area contributed by atoms with Crippen molar-refractivity contribution in [1.82, 2.24) is 30.6 Å². The minimum atomic E-state index is -1.10. The molecule has 0 saturated carbocycles. The van der Waals surface area contributed by atoms with E-state index in [0.29, 0.717) is 43.6 Å². The van der Waals surface area contributed by atoms with E-state index in [4.69, 9.17) is 48.6 Å². The van der Waals surface area contributed by atoms with Crippen LogP contribution >= 0.6 is 31.9 Å². The molecule has 70 heavy (non-hydrogen) atoms. The van der Waals surface area contributed by atoms with E-state index in [2.05, 4.69) is 64.6 Å². The van der Waals surface area contributed by atoms with Gasteiger partial charge in [0.25, 0.3) is 0 Å². The smallest absolute Gasteiger partial charge is 0.306 e. The quantitative estimate of drug-likeness (QED) is 0.0297. The first kappa shape index (κ1) is 52.9. The minimum Gasteiger partial charge on any atom is -0.481 e. The molecule has 0 aliphatic heterocycles. The molecule has 0 spiro atoms. The van der Waals surface area contributed by atoms with Crippen molar-refractivity contribution in [3.8, 4) is 46.4 Å². The summed E-state index contributed by atoms with van der Waals surface area (Å²) in [4.78, 5) is 40.1. The number of benzene rings is 2. The molecular formula is C50H54Br2N6O12. The number of ether oxygens (including phenoxy) is 6. The number of aliphatic hydroxyl groups excluding tert-OH is 2. The molecule has 0 radical (unpaired) electrons. The first-order valence-corrected chi connectivity index (χ1v) is 23.6. The summed E-state index contributed by atoms with van der Waals surface area (Å²) < 4.78 is 36.5. The SMILES string of the molecule is COc1ccc(COc2nc(OCc3cccc(-c4cccc(COc5nc(OCc6ccc(OC)nc6)c(CNCC(O)CC(=O)O)cc5Br)c4C)c3C)c(Br)cc2CNCC(O)CC(=O)O)cn1. The third-order valence-electron chi connectivity index (χ3n) is 10.9. The van der Waals surface area contributed by atoms with Gasteiger partial charge in [0, 0.05) is 73.0 Å². The number of hydrogen-bond acceptors (Lipinski definition) is 16. The molecule has 4 heterocycles. The van der Waals surface area contributed by atoms with E-state index in [9.17, 15) is 19.8 Å². The Morgan fingerprint density at radius 3 is 1.33 bits per heavy atom. The number of halogens is 2. The maximum Gasteiger partial charge on any atom is 0.306 e. The van der Waals surface area contributed by atoms with Gasteiger partial charge in [0.2, 0.25) is 35.3 Å². The van der Waals surface area contributed by atoms with E-state index in [1.165, 1.54) is 14.2 Å². The second-order valence-electron chi connectivity index (χ2n) is 16.0. The van der Waals surface area contributed by atoms with Crippen LogP contribution in [0, 0.1) is 13.8 Å². The molecule has 2 unspecified atom stereocenters. The molecule has 0 aliphatic rings. The molecule has 18 nitrogen and oxygen atoms in total. The number of hydrogen-bond donors (Lipinski definition) is 6. The number of aliphatic hydroxyl groups is 2. The van der Waals surface area contributed by atoms with Crippen LogP contribution < -0.4 is 39.1 Å². The molecule has 20 heteroatoms. The van der Waals surface area contributed by atoms with Crippen molar-refractivity contribution in [2.45, 2.75) is 78.4 Å². The topological polar surface area (TPSA) is 246 Å². The zero-order chi connectivity index (χ0) is 50.2. The Balaban J connectivity index is 1.17. The molecule has 370 valence electrons. The van der Waals surface area contributed by atoms with Crippen molar-refractivity contribution in [2.24, 2.45) is 0 Å². The molecule has 0 fully saturated rings. The number of pyridine rings is 4. The molecule has 0 saturated heterocycles. The average Bonchev–Trinajstić information content (AvgIpc) is 3.33. The van der Waals surface area contributed by atoms with E-state index in [-0.39, 0.29) is 77.2 Å². The molecule has 6 aromatic rings. The van der Waals surface area contributed by atoms with E-state index >= 15 is 0 Å². The number of methoxy groups -OCH3 is 2. The highest BCUT2D eigenvalue weighted by Gasteiger charge is 2.19. The third-order valence-corrected chi connectivity index (χ3v) is 12.0. The summed E-state index contributed by atoms with van der Waals surface area (Å²) in [6.45, 7) is 5.28. The fourth-order valence-electron chi connectivity index (χ4n) is 7.08. The summed E-state index contributed by atoms with van der Waals surface area (Å²) in [5.74, 6) is -0.102. The molecular weight excluding hydrogens is 1040 g/mol. The summed E-state index contributed by atoms with van der Waals surface area (Å²) in [5.41, 5.74) is 8.72. The Hall–Kier alpha value is -6.42. The average molecular weight is 1090 g/mol. The number of carboxylic acid groups (broad SMARTS) is 2. The summed E-state index contributed by atoms with van der Waals surface area (Å²) in [6.07, 6.45) is 0.362. The highest BCUT2D eigenvalue weighted by molar-refractivity contribution is 9.10. The number of carbonyl (C=O) groups is 2.